The maximum atomic E-state index is 13.2. The highest BCUT2D eigenvalue weighted by molar-refractivity contribution is 6.05. The normalized spacial score (nSPS) is 14.5. The number of halogens is 1. The first-order valence-corrected chi connectivity index (χ1v) is 10.2. The minimum atomic E-state index is -0.366. The number of benzene rings is 2. The first kappa shape index (κ1) is 20.1. The quantitative estimate of drug-likeness (QED) is 0.636. The van der Waals surface area contributed by atoms with Gasteiger partial charge in [-0.3, -0.25) is 4.79 Å². The molecule has 0 aliphatic carbocycles. The summed E-state index contributed by atoms with van der Waals surface area (Å²) < 4.78 is 18.7. The second-order valence-electron chi connectivity index (χ2n) is 7.88. The third kappa shape index (κ3) is 3.92. The van der Waals surface area contributed by atoms with E-state index in [9.17, 15) is 9.18 Å². The molecule has 30 heavy (non-hydrogen) atoms. The summed E-state index contributed by atoms with van der Waals surface area (Å²) in [5.41, 5.74) is 3.32. The van der Waals surface area contributed by atoms with Crippen molar-refractivity contribution >= 4 is 17.3 Å². The van der Waals surface area contributed by atoms with Crippen molar-refractivity contribution < 1.29 is 13.7 Å². The van der Waals surface area contributed by atoms with Crippen LogP contribution in [-0.2, 0) is 6.42 Å². The summed E-state index contributed by atoms with van der Waals surface area (Å²) in [4.78, 5) is 19.4. The lowest BCUT2D eigenvalue weighted by Crippen LogP contribution is -2.32. The molecule has 0 unspecified atom stereocenters. The monoisotopic (exact) mass is 408 g/mol. The molecule has 2 aromatic carbocycles. The number of carbonyl (C=O) groups excluding carboxylic acids is 1. The molecule has 1 aliphatic heterocycles. The van der Waals surface area contributed by atoms with E-state index in [1.165, 1.54) is 24.3 Å². The van der Waals surface area contributed by atoms with Crippen LogP contribution >= 0.6 is 0 Å². The topological polar surface area (TPSA) is 71.3 Å². The standard InChI is InChI=1S/C23H25FN4O2/c1-14(2)21-26-23(30-27-21)15(3)28-13-5-6-18-19(7-4-8-20(18)28)25-22(29)16-9-11-17(24)12-10-16/h4,7-12,14-15H,5-6,13H2,1-3H3,(H,25,29)/t15-/m1/s1. The van der Waals surface area contributed by atoms with Gasteiger partial charge in [-0.15, -0.1) is 0 Å². The van der Waals surface area contributed by atoms with Crippen LogP contribution in [0.15, 0.2) is 47.0 Å². The van der Waals surface area contributed by atoms with Gasteiger partial charge in [0.2, 0.25) is 5.89 Å². The van der Waals surface area contributed by atoms with Crippen molar-refractivity contribution in [1.29, 1.82) is 0 Å². The van der Waals surface area contributed by atoms with Gasteiger partial charge in [0.05, 0.1) is 0 Å². The lowest BCUT2D eigenvalue weighted by atomic mass is 9.98. The van der Waals surface area contributed by atoms with E-state index in [0.29, 0.717) is 17.3 Å². The van der Waals surface area contributed by atoms with Crippen molar-refractivity contribution in [3.8, 4) is 0 Å². The molecule has 0 radical (unpaired) electrons. The molecular weight excluding hydrogens is 383 g/mol. The number of hydrogen-bond acceptors (Lipinski definition) is 5. The Hall–Kier alpha value is -3.22. The molecule has 7 heteroatoms. The number of nitrogens with one attached hydrogen (secondary N) is 1. The van der Waals surface area contributed by atoms with Crippen LogP contribution in [0.5, 0.6) is 0 Å². The summed E-state index contributed by atoms with van der Waals surface area (Å²) in [7, 11) is 0. The third-order valence-corrected chi connectivity index (χ3v) is 5.44. The minimum Gasteiger partial charge on any atom is -0.359 e. The van der Waals surface area contributed by atoms with Crippen LogP contribution in [0.1, 0.15) is 66.8 Å². The van der Waals surface area contributed by atoms with E-state index in [-0.39, 0.29) is 23.7 Å². The van der Waals surface area contributed by atoms with Gasteiger partial charge in [-0.1, -0.05) is 25.1 Å². The van der Waals surface area contributed by atoms with Crippen LogP contribution in [0.4, 0.5) is 15.8 Å². The second kappa shape index (κ2) is 8.26. The van der Waals surface area contributed by atoms with Gasteiger partial charge in [-0.05, 0) is 61.7 Å². The average molecular weight is 408 g/mol. The Morgan fingerprint density at radius 3 is 2.63 bits per heavy atom. The number of carbonyl (C=O) groups is 1. The zero-order valence-electron chi connectivity index (χ0n) is 17.4. The van der Waals surface area contributed by atoms with E-state index in [1.807, 2.05) is 26.0 Å². The predicted molar refractivity (Wildman–Crippen MR) is 113 cm³/mol. The molecule has 156 valence electrons. The number of amides is 1. The molecule has 0 bridgehead atoms. The molecule has 3 aromatic rings. The molecule has 6 nitrogen and oxygen atoms in total. The number of anilines is 2. The van der Waals surface area contributed by atoms with E-state index in [1.54, 1.807) is 0 Å². The van der Waals surface area contributed by atoms with Gasteiger partial charge in [0.25, 0.3) is 5.91 Å². The molecular formula is C23H25FN4O2. The van der Waals surface area contributed by atoms with Crippen LogP contribution in [0.3, 0.4) is 0 Å². The average Bonchev–Trinajstić information content (AvgIpc) is 3.24. The summed E-state index contributed by atoms with van der Waals surface area (Å²) in [6.45, 7) is 6.98. The number of hydrogen-bond donors (Lipinski definition) is 1. The van der Waals surface area contributed by atoms with Crippen LogP contribution in [-0.4, -0.2) is 22.6 Å². The molecule has 0 fully saturated rings. The second-order valence-corrected chi connectivity index (χ2v) is 7.88. The van der Waals surface area contributed by atoms with Crippen molar-refractivity contribution in [2.75, 3.05) is 16.8 Å². The molecule has 1 aliphatic rings. The molecule has 0 saturated carbocycles. The highest BCUT2D eigenvalue weighted by Gasteiger charge is 2.28. The van der Waals surface area contributed by atoms with E-state index >= 15 is 0 Å². The first-order chi connectivity index (χ1) is 14.4. The summed E-state index contributed by atoms with van der Waals surface area (Å²) in [6, 6.07) is 11.3. The van der Waals surface area contributed by atoms with Crippen LogP contribution < -0.4 is 10.2 Å². The number of aromatic nitrogens is 2. The minimum absolute atomic E-state index is 0.0768. The Labute approximate surface area is 175 Å². The van der Waals surface area contributed by atoms with Crippen molar-refractivity contribution in [2.24, 2.45) is 0 Å². The third-order valence-electron chi connectivity index (χ3n) is 5.44. The Morgan fingerprint density at radius 2 is 1.93 bits per heavy atom. The Morgan fingerprint density at radius 1 is 1.17 bits per heavy atom. The van der Waals surface area contributed by atoms with E-state index in [0.717, 1.165) is 36.3 Å². The molecule has 1 N–H and O–H groups in total. The lowest BCUT2D eigenvalue weighted by Gasteiger charge is -2.35. The largest absolute Gasteiger partial charge is 0.359 e. The summed E-state index contributed by atoms with van der Waals surface area (Å²) in [6.07, 6.45) is 1.81. The van der Waals surface area contributed by atoms with Crippen molar-refractivity contribution in [2.45, 2.75) is 45.6 Å². The van der Waals surface area contributed by atoms with Gasteiger partial charge in [0.1, 0.15) is 11.9 Å². The molecule has 0 spiro atoms. The number of fused-ring (bicyclic) bond motifs is 1. The van der Waals surface area contributed by atoms with Crippen LogP contribution in [0, 0.1) is 5.82 Å². The van der Waals surface area contributed by atoms with E-state index < -0.39 is 0 Å². The van der Waals surface area contributed by atoms with Crippen molar-refractivity contribution in [3.63, 3.8) is 0 Å². The van der Waals surface area contributed by atoms with Gasteiger partial charge in [0, 0.05) is 29.4 Å². The molecule has 1 aromatic heterocycles. The SMILES string of the molecule is CC(C)c1noc([C@@H](C)N2CCCc3c(NC(=O)c4ccc(F)cc4)cccc32)n1. The Balaban J connectivity index is 1.60. The zero-order chi connectivity index (χ0) is 21.3. The number of nitrogens with zero attached hydrogens (tertiary/aromatic N) is 3. The number of rotatable bonds is 5. The molecule has 2 heterocycles. The van der Waals surface area contributed by atoms with E-state index in [4.69, 9.17) is 4.52 Å². The van der Waals surface area contributed by atoms with Gasteiger partial charge in [-0.2, -0.15) is 4.98 Å². The fraction of sp³-hybridized carbons (Fsp3) is 0.348. The lowest BCUT2D eigenvalue weighted by molar-refractivity contribution is 0.102. The highest BCUT2D eigenvalue weighted by atomic mass is 19.1. The smallest absolute Gasteiger partial charge is 0.255 e. The fourth-order valence-electron chi connectivity index (χ4n) is 3.75. The van der Waals surface area contributed by atoms with Gasteiger partial charge in [-0.25, -0.2) is 4.39 Å². The van der Waals surface area contributed by atoms with Gasteiger partial charge < -0.3 is 14.7 Å². The maximum Gasteiger partial charge on any atom is 0.255 e. The van der Waals surface area contributed by atoms with Crippen LogP contribution in [0.25, 0.3) is 0 Å². The van der Waals surface area contributed by atoms with Crippen molar-refractivity contribution in [3.05, 3.63) is 71.1 Å². The van der Waals surface area contributed by atoms with E-state index in [2.05, 4.69) is 33.3 Å². The molecule has 1 atom stereocenters. The van der Waals surface area contributed by atoms with Gasteiger partial charge in [0.15, 0.2) is 5.82 Å². The summed E-state index contributed by atoms with van der Waals surface area (Å²) in [5.74, 6) is 0.875. The zero-order valence-corrected chi connectivity index (χ0v) is 17.4. The molecule has 4 rings (SSSR count). The summed E-state index contributed by atoms with van der Waals surface area (Å²) in [5, 5.41) is 7.07. The highest BCUT2D eigenvalue weighted by Crippen LogP contribution is 2.37. The molecule has 0 saturated heterocycles. The van der Waals surface area contributed by atoms with Crippen molar-refractivity contribution in [1.82, 2.24) is 10.1 Å². The fourth-order valence-corrected chi connectivity index (χ4v) is 3.75. The van der Waals surface area contributed by atoms with Crippen LogP contribution in [0.2, 0.25) is 0 Å². The van der Waals surface area contributed by atoms with Gasteiger partial charge >= 0.3 is 0 Å². The maximum absolute atomic E-state index is 13.2. The molecule has 1 amide bonds. The summed E-state index contributed by atoms with van der Waals surface area (Å²) >= 11 is 0. The Bertz CT molecular complexity index is 1050. The first-order valence-electron chi connectivity index (χ1n) is 10.2. The predicted octanol–water partition coefficient (Wildman–Crippen LogP) is 5.10. The Kier molecular flexibility index (Phi) is 5.53.